The molecule has 6 nitrogen and oxygen atoms in total. The summed E-state index contributed by atoms with van der Waals surface area (Å²) in [6.45, 7) is 2.10. The first kappa shape index (κ1) is 22.6. The van der Waals surface area contributed by atoms with Crippen LogP contribution in [0.1, 0.15) is 43.4 Å². The van der Waals surface area contributed by atoms with Crippen LogP contribution in [0.15, 0.2) is 91.0 Å². The van der Waals surface area contributed by atoms with E-state index in [2.05, 4.69) is 29.7 Å². The zero-order chi connectivity index (χ0) is 24.3. The molecule has 3 N–H and O–H groups in total. The monoisotopic (exact) mass is 464 g/mol. The summed E-state index contributed by atoms with van der Waals surface area (Å²) < 4.78 is 0. The third kappa shape index (κ3) is 4.73. The Morgan fingerprint density at radius 3 is 2.17 bits per heavy atom. The Hall–Kier alpha value is -4.19. The molecule has 0 bridgehead atoms. The summed E-state index contributed by atoms with van der Waals surface area (Å²) in [5.41, 5.74) is 3.88. The Labute approximate surface area is 205 Å². The Balaban J connectivity index is 1.43. The molecule has 1 saturated carbocycles. The van der Waals surface area contributed by atoms with Crippen LogP contribution in [0.5, 0.6) is 0 Å². The van der Waals surface area contributed by atoms with Gasteiger partial charge in [0, 0.05) is 23.4 Å². The van der Waals surface area contributed by atoms with Crippen LogP contribution >= 0.6 is 0 Å². The second-order valence-corrected chi connectivity index (χ2v) is 9.05. The highest BCUT2D eigenvalue weighted by Gasteiger charge is 2.45. The lowest BCUT2D eigenvalue weighted by molar-refractivity contribution is -0.147. The molecule has 0 saturated heterocycles. The zero-order valence-electron chi connectivity index (χ0n) is 19.6. The maximum Gasteiger partial charge on any atom is 0.314 e. The van der Waals surface area contributed by atoms with Gasteiger partial charge in [-0.15, -0.1) is 0 Å². The molecule has 1 unspecified atom stereocenters. The molecular weight excluding hydrogens is 436 g/mol. The molecule has 0 spiro atoms. The second kappa shape index (κ2) is 9.58. The first-order chi connectivity index (χ1) is 17.0. The van der Waals surface area contributed by atoms with Crippen molar-refractivity contribution in [1.82, 2.24) is 9.97 Å². The van der Waals surface area contributed by atoms with Crippen molar-refractivity contribution in [1.29, 1.82) is 0 Å². The quantitative estimate of drug-likeness (QED) is 0.273. The molecule has 1 aliphatic carbocycles. The van der Waals surface area contributed by atoms with E-state index >= 15 is 0 Å². The molecule has 5 rings (SSSR count). The van der Waals surface area contributed by atoms with Gasteiger partial charge in [0.1, 0.15) is 5.82 Å². The number of hydrogen-bond acceptors (Lipinski definition) is 5. The first-order valence-electron chi connectivity index (χ1n) is 11.9. The molecule has 1 aromatic heterocycles. The summed E-state index contributed by atoms with van der Waals surface area (Å²) in [7, 11) is 0. The van der Waals surface area contributed by atoms with Crippen LogP contribution in [0.2, 0.25) is 0 Å². The number of benzene rings is 3. The van der Waals surface area contributed by atoms with E-state index in [9.17, 15) is 9.90 Å². The summed E-state index contributed by atoms with van der Waals surface area (Å²) in [6, 6.07) is 29.8. The molecule has 3 aromatic carbocycles. The van der Waals surface area contributed by atoms with Crippen molar-refractivity contribution in [2.75, 3.05) is 10.6 Å². The number of aromatic nitrogens is 2. The third-order valence-electron chi connectivity index (χ3n) is 6.77. The average molecular weight is 465 g/mol. The summed E-state index contributed by atoms with van der Waals surface area (Å²) in [5.74, 6) is 0.443. The highest BCUT2D eigenvalue weighted by Crippen LogP contribution is 2.44. The van der Waals surface area contributed by atoms with Crippen LogP contribution in [0.4, 0.5) is 17.5 Å². The summed E-state index contributed by atoms with van der Waals surface area (Å²) >= 11 is 0. The summed E-state index contributed by atoms with van der Waals surface area (Å²) in [4.78, 5) is 21.3. The fourth-order valence-corrected chi connectivity index (χ4v) is 4.54. The summed E-state index contributed by atoms with van der Waals surface area (Å²) in [6.07, 6.45) is 2.32. The van der Waals surface area contributed by atoms with Gasteiger partial charge in [-0.2, -0.15) is 4.98 Å². The number of carbonyl (C=O) groups is 1. The van der Waals surface area contributed by atoms with Crippen LogP contribution in [-0.2, 0) is 10.2 Å². The molecule has 1 atom stereocenters. The van der Waals surface area contributed by atoms with Crippen LogP contribution in [-0.4, -0.2) is 21.0 Å². The van der Waals surface area contributed by atoms with Gasteiger partial charge in [-0.25, -0.2) is 4.98 Å². The van der Waals surface area contributed by atoms with E-state index in [0.717, 1.165) is 28.9 Å². The molecule has 4 aromatic rings. The van der Waals surface area contributed by atoms with E-state index in [4.69, 9.17) is 9.97 Å². The van der Waals surface area contributed by atoms with Gasteiger partial charge < -0.3 is 15.7 Å². The number of rotatable bonds is 8. The topological polar surface area (TPSA) is 87.1 Å². The van der Waals surface area contributed by atoms with Crippen LogP contribution in [0.25, 0.3) is 11.3 Å². The Morgan fingerprint density at radius 1 is 0.914 bits per heavy atom. The standard InChI is InChI=1S/C29H28N4O2/c1-20(21-9-4-2-5-10-21)30-26-19-25(22-11-6-3-7-12-22)32-28(33-26)31-24-15-13-23(14-16-24)29(27(34)35)17-8-18-29/h2-7,9-16,19-20H,8,17-18H2,1H3,(H,34,35)(H2,30,31,32,33). The molecule has 1 fully saturated rings. The maximum absolute atomic E-state index is 11.8. The predicted octanol–water partition coefficient (Wildman–Crippen LogP) is 6.57. The highest BCUT2D eigenvalue weighted by atomic mass is 16.4. The van der Waals surface area contributed by atoms with E-state index in [1.807, 2.05) is 78.9 Å². The molecule has 35 heavy (non-hydrogen) atoms. The van der Waals surface area contributed by atoms with E-state index in [0.29, 0.717) is 24.6 Å². The lowest BCUT2D eigenvalue weighted by Crippen LogP contribution is -2.42. The third-order valence-corrected chi connectivity index (χ3v) is 6.77. The van der Waals surface area contributed by atoms with Crippen molar-refractivity contribution < 1.29 is 9.90 Å². The lowest BCUT2D eigenvalue weighted by atomic mass is 9.64. The minimum atomic E-state index is -0.744. The smallest absolute Gasteiger partial charge is 0.314 e. The minimum absolute atomic E-state index is 0.0662. The number of aliphatic carboxylic acids is 1. The number of anilines is 3. The molecule has 0 radical (unpaired) electrons. The molecule has 1 heterocycles. The van der Waals surface area contributed by atoms with Gasteiger partial charge in [-0.05, 0) is 43.0 Å². The predicted molar refractivity (Wildman–Crippen MR) is 139 cm³/mol. The second-order valence-electron chi connectivity index (χ2n) is 9.05. The Morgan fingerprint density at radius 2 is 1.57 bits per heavy atom. The number of nitrogens with one attached hydrogen (secondary N) is 2. The zero-order valence-corrected chi connectivity index (χ0v) is 19.6. The number of nitrogens with zero attached hydrogens (tertiary/aromatic N) is 2. The Kier molecular flexibility index (Phi) is 6.19. The van der Waals surface area contributed by atoms with Crippen LogP contribution in [0.3, 0.4) is 0 Å². The van der Waals surface area contributed by atoms with Gasteiger partial charge in [-0.1, -0.05) is 79.2 Å². The van der Waals surface area contributed by atoms with Gasteiger partial charge in [-0.3, -0.25) is 4.79 Å². The van der Waals surface area contributed by atoms with Gasteiger partial charge in [0.2, 0.25) is 5.95 Å². The molecule has 176 valence electrons. The fraction of sp³-hybridized carbons (Fsp3) is 0.207. The number of carboxylic acid groups (broad SMARTS) is 1. The highest BCUT2D eigenvalue weighted by molar-refractivity contribution is 5.82. The van der Waals surface area contributed by atoms with Gasteiger partial charge in [0.25, 0.3) is 0 Å². The van der Waals surface area contributed by atoms with Crippen LogP contribution < -0.4 is 10.6 Å². The van der Waals surface area contributed by atoms with Crippen molar-refractivity contribution in [3.63, 3.8) is 0 Å². The van der Waals surface area contributed by atoms with Crippen molar-refractivity contribution in [2.24, 2.45) is 0 Å². The van der Waals surface area contributed by atoms with Gasteiger partial charge in [0.05, 0.1) is 11.1 Å². The van der Waals surface area contributed by atoms with Crippen molar-refractivity contribution in [2.45, 2.75) is 37.6 Å². The van der Waals surface area contributed by atoms with E-state index < -0.39 is 11.4 Å². The molecule has 6 heteroatoms. The van der Waals surface area contributed by atoms with Crippen molar-refractivity contribution >= 4 is 23.4 Å². The van der Waals surface area contributed by atoms with E-state index in [1.54, 1.807) is 0 Å². The normalized spacial score (nSPS) is 15.0. The first-order valence-corrected chi connectivity index (χ1v) is 11.9. The molecular formula is C29H28N4O2. The Bertz CT molecular complexity index is 1300. The van der Waals surface area contributed by atoms with E-state index in [1.165, 1.54) is 5.56 Å². The molecule has 1 aliphatic rings. The lowest BCUT2D eigenvalue weighted by Gasteiger charge is -2.38. The molecule has 0 amide bonds. The minimum Gasteiger partial charge on any atom is -0.481 e. The van der Waals surface area contributed by atoms with Crippen molar-refractivity contribution in [3.8, 4) is 11.3 Å². The van der Waals surface area contributed by atoms with Gasteiger partial charge in [0.15, 0.2) is 0 Å². The number of carboxylic acids is 1. The SMILES string of the molecule is CC(Nc1cc(-c2ccccc2)nc(Nc2ccc(C3(C(=O)O)CCC3)cc2)n1)c1ccccc1. The largest absolute Gasteiger partial charge is 0.481 e. The molecule has 0 aliphatic heterocycles. The summed E-state index contributed by atoms with van der Waals surface area (Å²) in [5, 5.41) is 16.5. The van der Waals surface area contributed by atoms with E-state index in [-0.39, 0.29) is 6.04 Å². The fourth-order valence-electron chi connectivity index (χ4n) is 4.54. The number of hydrogen-bond donors (Lipinski definition) is 3. The van der Waals surface area contributed by atoms with Crippen molar-refractivity contribution in [3.05, 3.63) is 102 Å². The van der Waals surface area contributed by atoms with Gasteiger partial charge >= 0.3 is 5.97 Å². The maximum atomic E-state index is 11.8. The van der Waals surface area contributed by atoms with Crippen LogP contribution in [0, 0.1) is 0 Å². The average Bonchev–Trinajstić information content (AvgIpc) is 2.85.